The molecular formula is C14H16ClNO6. The van der Waals surface area contributed by atoms with Gasteiger partial charge in [-0.05, 0) is 12.1 Å². The van der Waals surface area contributed by atoms with Crippen LogP contribution in [0.25, 0.3) is 5.76 Å². The number of aliphatic hydroxyl groups excluding tert-OH is 4. The number of nitrogens with zero attached hydrogens (tertiary/aromatic N) is 1. The van der Waals surface area contributed by atoms with E-state index in [1.54, 1.807) is 18.2 Å². The first-order valence-corrected chi connectivity index (χ1v) is 7.20. The zero-order chi connectivity index (χ0) is 15.9. The fourth-order valence-electron chi connectivity index (χ4n) is 2.56. The number of rotatable bonds is 3. The molecule has 1 fully saturated rings. The maximum atomic E-state index is 9.98. The van der Waals surface area contributed by atoms with Crippen LogP contribution in [0.3, 0.4) is 0 Å². The highest BCUT2D eigenvalue weighted by molar-refractivity contribution is 6.30. The maximum absolute atomic E-state index is 9.98. The van der Waals surface area contributed by atoms with Gasteiger partial charge < -0.3 is 29.9 Å². The summed E-state index contributed by atoms with van der Waals surface area (Å²) < 4.78 is 10.9. The van der Waals surface area contributed by atoms with Crippen molar-refractivity contribution in [3.05, 3.63) is 33.8 Å². The Morgan fingerprint density at radius 2 is 2.00 bits per heavy atom. The predicted molar refractivity (Wildman–Crippen MR) is 75.4 cm³/mol. The van der Waals surface area contributed by atoms with E-state index >= 15 is 0 Å². The third-order valence-electron chi connectivity index (χ3n) is 3.77. The van der Waals surface area contributed by atoms with Crippen molar-refractivity contribution >= 4 is 17.4 Å². The van der Waals surface area contributed by atoms with Gasteiger partial charge in [0.15, 0.2) is 0 Å². The summed E-state index contributed by atoms with van der Waals surface area (Å²) in [5.74, 6) is 0.407. The number of fused-ring (bicyclic) bond motifs is 1. The highest BCUT2D eigenvalue weighted by Crippen LogP contribution is 2.24. The molecule has 0 spiro atoms. The molecule has 0 radical (unpaired) electrons. The summed E-state index contributed by atoms with van der Waals surface area (Å²) in [5.41, 5.74) is 0. The summed E-state index contributed by atoms with van der Waals surface area (Å²) in [6.45, 7) is -0.282. The molecule has 0 amide bonds. The van der Waals surface area contributed by atoms with Crippen LogP contribution < -0.4 is 10.6 Å². The number of ether oxygens (including phenoxy) is 2. The molecule has 5 atom stereocenters. The van der Waals surface area contributed by atoms with E-state index in [-0.39, 0.29) is 6.54 Å². The summed E-state index contributed by atoms with van der Waals surface area (Å²) in [4.78, 5) is 4.26. The van der Waals surface area contributed by atoms with Gasteiger partial charge >= 0.3 is 0 Å². The first-order valence-electron chi connectivity index (χ1n) is 6.82. The van der Waals surface area contributed by atoms with Crippen LogP contribution in [0.2, 0.25) is 5.02 Å². The zero-order valence-corrected chi connectivity index (χ0v) is 12.2. The van der Waals surface area contributed by atoms with Crippen molar-refractivity contribution in [2.24, 2.45) is 4.99 Å². The minimum absolute atomic E-state index is 0.230. The summed E-state index contributed by atoms with van der Waals surface area (Å²) in [5, 5.41) is 40.4. The van der Waals surface area contributed by atoms with Crippen LogP contribution in [-0.4, -0.2) is 64.3 Å². The van der Waals surface area contributed by atoms with Crippen molar-refractivity contribution in [2.45, 2.75) is 30.7 Å². The van der Waals surface area contributed by atoms with Gasteiger partial charge in [0.05, 0.1) is 28.8 Å². The van der Waals surface area contributed by atoms with E-state index in [9.17, 15) is 15.3 Å². The highest BCUT2D eigenvalue weighted by atomic mass is 35.5. The Hall–Kier alpha value is -1.22. The first-order chi connectivity index (χ1) is 10.5. The quantitative estimate of drug-likeness (QED) is 0.505. The standard InChI is InChI=1S/C14H16ClNO6/c15-6-2-1-3-7-10(6)8(4-16-7)21-14-13(20)12(19)11(18)9(5-17)22-14/h1-3,9,11-14,17-20H,4-5H2/t9-,11-,12+,13-,14-/m0/s1. The van der Waals surface area contributed by atoms with Crippen LogP contribution in [-0.2, 0) is 9.47 Å². The van der Waals surface area contributed by atoms with Crippen LogP contribution in [0.4, 0.5) is 0 Å². The van der Waals surface area contributed by atoms with Crippen LogP contribution in [0.15, 0.2) is 23.2 Å². The molecule has 2 aliphatic rings. The highest BCUT2D eigenvalue weighted by Gasteiger charge is 2.45. The van der Waals surface area contributed by atoms with Crippen molar-refractivity contribution in [1.82, 2.24) is 0 Å². The second-order valence-corrected chi connectivity index (χ2v) is 5.60. The van der Waals surface area contributed by atoms with Crippen LogP contribution in [0, 0.1) is 0 Å². The number of benzene rings is 1. The van der Waals surface area contributed by atoms with E-state index in [0.29, 0.717) is 21.4 Å². The van der Waals surface area contributed by atoms with E-state index in [1.165, 1.54) is 0 Å². The molecule has 1 aromatic carbocycles. The number of hydrogen-bond acceptors (Lipinski definition) is 7. The van der Waals surface area contributed by atoms with Crippen molar-refractivity contribution < 1.29 is 29.9 Å². The van der Waals surface area contributed by atoms with Gasteiger partial charge in [0, 0.05) is 0 Å². The van der Waals surface area contributed by atoms with Crippen LogP contribution >= 0.6 is 11.6 Å². The SMILES string of the molecule is OC[C@@H]1O[C@H](OC2=c3c(Cl)cccc3=NC2)[C@@H](O)[C@H](O)[C@H]1O. The average molecular weight is 330 g/mol. The molecule has 0 aliphatic carbocycles. The lowest BCUT2D eigenvalue weighted by atomic mass is 9.99. The molecule has 3 rings (SSSR count). The lowest BCUT2D eigenvalue weighted by molar-refractivity contribution is -0.284. The van der Waals surface area contributed by atoms with E-state index in [4.69, 9.17) is 26.2 Å². The van der Waals surface area contributed by atoms with Gasteiger partial charge in [0.25, 0.3) is 0 Å². The van der Waals surface area contributed by atoms with Crippen molar-refractivity contribution in [2.75, 3.05) is 13.2 Å². The zero-order valence-electron chi connectivity index (χ0n) is 11.5. The maximum Gasteiger partial charge on any atom is 0.228 e. The van der Waals surface area contributed by atoms with Crippen LogP contribution in [0.1, 0.15) is 0 Å². The summed E-state index contributed by atoms with van der Waals surface area (Å²) >= 11 is 6.13. The van der Waals surface area contributed by atoms with E-state index in [1.807, 2.05) is 0 Å². The molecule has 0 unspecified atom stereocenters. The Bertz CT molecular complexity index is 678. The molecule has 0 saturated carbocycles. The number of aliphatic hydroxyl groups is 4. The van der Waals surface area contributed by atoms with E-state index in [0.717, 1.165) is 0 Å². The van der Waals surface area contributed by atoms with E-state index < -0.39 is 37.3 Å². The monoisotopic (exact) mass is 329 g/mol. The summed E-state index contributed by atoms with van der Waals surface area (Å²) in [7, 11) is 0. The van der Waals surface area contributed by atoms with E-state index in [2.05, 4.69) is 4.99 Å². The Morgan fingerprint density at radius 1 is 1.23 bits per heavy atom. The molecule has 120 valence electrons. The molecule has 1 aromatic rings. The van der Waals surface area contributed by atoms with Crippen molar-refractivity contribution in [3.63, 3.8) is 0 Å². The van der Waals surface area contributed by atoms with Crippen molar-refractivity contribution in [1.29, 1.82) is 0 Å². The number of halogens is 1. The average Bonchev–Trinajstić information content (AvgIpc) is 2.92. The smallest absolute Gasteiger partial charge is 0.228 e. The molecule has 7 nitrogen and oxygen atoms in total. The Labute approximate surface area is 130 Å². The molecule has 0 bridgehead atoms. The van der Waals surface area contributed by atoms with Gasteiger partial charge in [-0.15, -0.1) is 0 Å². The van der Waals surface area contributed by atoms with Crippen LogP contribution in [0.5, 0.6) is 0 Å². The van der Waals surface area contributed by atoms with Gasteiger partial charge in [0.1, 0.15) is 30.2 Å². The summed E-state index contributed by atoms with van der Waals surface area (Å²) in [6.07, 6.45) is -6.62. The van der Waals surface area contributed by atoms with Gasteiger partial charge in [-0.25, -0.2) is 0 Å². The van der Waals surface area contributed by atoms with Gasteiger partial charge in [-0.3, -0.25) is 4.99 Å². The molecule has 0 aromatic heterocycles. The van der Waals surface area contributed by atoms with Gasteiger partial charge in [0.2, 0.25) is 6.29 Å². The molecule has 4 N–H and O–H groups in total. The number of hydrogen-bond donors (Lipinski definition) is 4. The molecule has 2 heterocycles. The topological polar surface area (TPSA) is 112 Å². The fraction of sp³-hybridized carbons (Fsp3) is 0.500. The second-order valence-electron chi connectivity index (χ2n) is 5.19. The molecular weight excluding hydrogens is 314 g/mol. The molecule has 2 aliphatic heterocycles. The Balaban J connectivity index is 1.89. The second kappa shape index (κ2) is 6.11. The minimum atomic E-state index is -1.49. The first kappa shape index (κ1) is 15.7. The molecule has 22 heavy (non-hydrogen) atoms. The third-order valence-corrected chi connectivity index (χ3v) is 4.09. The minimum Gasteiger partial charge on any atom is -0.464 e. The lowest BCUT2D eigenvalue weighted by Crippen LogP contribution is -2.59. The molecule has 1 saturated heterocycles. The lowest BCUT2D eigenvalue weighted by Gasteiger charge is -2.39. The largest absolute Gasteiger partial charge is 0.464 e. The van der Waals surface area contributed by atoms with Crippen molar-refractivity contribution in [3.8, 4) is 0 Å². The Morgan fingerprint density at radius 3 is 2.73 bits per heavy atom. The Kier molecular flexibility index (Phi) is 4.35. The predicted octanol–water partition coefficient (Wildman–Crippen LogP) is -2.10. The third kappa shape index (κ3) is 2.60. The fourth-order valence-corrected chi connectivity index (χ4v) is 2.83. The van der Waals surface area contributed by atoms with Gasteiger partial charge in [-0.1, -0.05) is 17.7 Å². The molecule has 8 heteroatoms. The summed E-state index contributed by atoms with van der Waals surface area (Å²) in [6, 6.07) is 5.24. The normalized spacial score (nSPS) is 34.2. The van der Waals surface area contributed by atoms with Gasteiger partial charge in [-0.2, -0.15) is 0 Å².